The number of nitrogens with zero attached hydrogens (tertiary/aromatic N) is 4. The van der Waals surface area contributed by atoms with Crippen molar-refractivity contribution in [2.45, 2.75) is 59.6 Å². The molecule has 0 amide bonds. The van der Waals surface area contributed by atoms with E-state index in [9.17, 15) is 9.90 Å². The molecule has 0 fully saturated rings. The van der Waals surface area contributed by atoms with E-state index in [1.165, 1.54) is 0 Å². The fourth-order valence-electron chi connectivity index (χ4n) is 4.90. The predicted molar refractivity (Wildman–Crippen MR) is 159 cm³/mol. The number of benzene rings is 3. The molecule has 5 aromatic rings. The highest BCUT2D eigenvalue weighted by atomic mass is 16.6. The molecule has 0 aliphatic heterocycles. The SMILES string of the molecule is CCCc1nc(C)c(-c2ccc(OC(C)(C)C)cc2)c(=O)n1Cc1ccc(-c2ccccc2-c2noc(O)n2)cc1. The Bertz CT molecular complexity index is 1710. The molecule has 0 saturated carbocycles. The molecular weight excluding hydrogens is 516 g/mol. The standard InChI is InChI=1S/C33H34N4O4/c1-6-9-28-34-21(2)29(24-16-18-25(19-17-24)40-33(3,4)5)31(38)37(28)20-22-12-14-23(15-13-22)26-10-7-8-11-27(26)30-35-32(39)41-36-30/h7-8,10-19H,6,9,20H2,1-5H3,(H,35,36,39). The van der Waals surface area contributed by atoms with Crippen LogP contribution < -0.4 is 10.3 Å². The summed E-state index contributed by atoms with van der Waals surface area (Å²) in [7, 11) is 0. The third-order valence-electron chi connectivity index (χ3n) is 6.66. The fraction of sp³-hybridized carbons (Fsp3) is 0.273. The van der Waals surface area contributed by atoms with Crippen molar-refractivity contribution in [3.05, 3.63) is 100 Å². The van der Waals surface area contributed by atoms with E-state index in [2.05, 4.69) is 17.1 Å². The minimum atomic E-state index is -0.473. The van der Waals surface area contributed by atoms with Gasteiger partial charge in [0, 0.05) is 12.0 Å². The van der Waals surface area contributed by atoms with Crippen LogP contribution in [0.2, 0.25) is 0 Å². The van der Waals surface area contributed by atoms with Gasteiger partial charge in [0.25, 0.3) is 5.56 Å². The van der Waals surface area contributed by atoms with Crippen LogP contribution in [-0.2, 0) is 13.0 Å². The van der Waals surface area contributed by atoms with Gasteiger partial charge in [0.2, 0.25) is 5.82 Å². The number of ether oxygens (including phenoxy) is 1. The van der Waals surface area contributed by atoms with Gasteiger partial charge in [-0.1, -0.05) is 72.7 Å². The van der Waals surface area contributed by atoms with Crippen LogP contribution in [0.1, 0.15) is 51.2 Å². The number of aryl methyl sites for hydroxylation is 2. The number of hydrogen-bond donors (Lipinski definition) is 1. The lowest BCUT2D eigenvalue weighted by atomic mass is 9.98. The molecule has 0 radical (unpaired) electrons. The lowest BCUT2D eigenvalue weighted by molar-refractivity contribution is 0.131. The van der Waals surface area contributed by atoms with Gasteiger partial charge in [0.15, 0.2) is 0 Å². The molecule has 210 valence electrons. The Hall–Kier alpha value is -4.72. The predicted octanol–water partition coefficient (Wildman–Crippen LogP) is 6.82. The third kappa shape index (κ3) is 6.22. The second kappa shape index (κ2) is 11.4. The average molecular weight is 551 g/mol. The number of aromatic nitrogens is 4. The summed E-state index contributed by atoms with van der Waals surface area (Å²) in [6.45, 7) is 10.4. The Morgan fingerprint density at radius 1 is 0.902 bits per heavy atom. The van der Waals surface area contributed by atoms with Gasteiger partial charge >= 0.3 is 6.08 Å². The van der Waals surface area contributed by atoms with Gasteiger partial charge in [-0.2, -0.15) is 4.98 Å². The third-order valence-corrected chi connectivity index (χ3v) is 6.66. The number of hydrogen-bond acceptors (Lipinski definition) is 7. The molecule has 0 aliphatic rings. The van der Waals surface area contributed by atoms with E-state index in [-0.39, 0.29) is 11.2 Å². The highest BCUT2D eigenvalue weighted by molar-refractivity contribution is 5.80. The summed E-state index contributed by atoms with van der Waals surface area (Å²) in [6.07, 6.45) is 1.11. The summed E-state index contributed by atoms with van der Waals surface area (Å²) in [5.41, 5.74) is 5.36. The van der Waals surface area contributed by atoms with E-state index in [1.54, 1.807) is 4.57 Å². The van der Waals surface area contributed by atoms with Crippen LogP contribution in [0.25, 0.3) is 33.6 Å². The first-order chi connectivity index (χ1) is 19.6. The highest BCUT2D eigenvalue weighted by Gasteiger charge is 2.18. The molecule has 0 spiro atoms. The maximum absolute atomic E-state index is 13.9. The zero-order chi connectivity index (χ0) is 29.1. The van der Waals surface area contributed by atoms with Crippen LogP contribution in [0.5, 0.6) is 11.8 Å². The van der Waals surface area contributed by atoms with Crippen molar-refractivity contribution in [3.63, 3.8) is 0 Å². The fourth-order valence-corrected chi connectivity index (χ4v) is 4.90. The van der Waals surface area contributed by atoms with E-state index in [4.69, 9.17) is 14.2 Å². The summed E-state index contributed by atoms with van der Waals surface area (Å²) in [5, 5.41) is 13.4. The summed E-state index contributed by atoms with van der Waals surface area (Å²) in [6, 6.07) is 23.4. The van der Waals surface area contributed by atoms with Gasteiger partial charge in [-0.05, 0) is 68.5 Å². The van der Waals surface area contributed by atoms with E-state index < -0.39 is 6.08 Å². The first-order valence-corrected chi connectivity index (χ1v) is 13.7. The maximum Gasteiger partial charge on any atom is 0.415 e. The molecule has 8 nitrogen and oxygen atoms in total. The van der Waals surface area contributed by atoms with Gasteiger partial charge in [-0.25, -0.2) is 4.98 Å². The van der Waals surface area contributed by atoms with E-state index in [0.717, 1.165) is 51.5 Å². The lowest BCUT2D eigenvalue weighted by Gasteiger charge is -2.21. The Labute approximate surface area is 239 Å². The van der Waals surface area contributed by atoms with Gasteiger partial charge in [0.1, 0.15) is 17.2 Å². The van der Waals surface area contributed by atoms with Crippen molar-refractivity contribution < 1.29 is 14.4 Å². The van der Waals surface area contributed by atoms with Gasteiger partial charge in [0.05, 0.1) is 17.8 Å². The summed E-state index contributed by atoms with van der Waals surface area (Å²) in [5.74, 6) is 1.85. The second-order valence-corrected chi connectivity index (χ2v) is 11.0. The first kappa shape index (κ1) is 27.8. The highest BCUT2D eigenvalue weighted by Crippen LogP contribution is 2.31. The smallest absolute Gasteiger partial charge is 0.415 e. The molecule has 1 N–H and O–H groups in total. The molecule has 3 aromatic carbocycles. The molecule has 41 heavy (non-hydrogen) atoms. The number of aromatic hydroxyl groups is 1. The zero-order valence-corrected chi connectivity index (χ0v) is 24.0. The summed E-state index contributed by atoms with van der Waals surface area (Å²) >= 11 is 0. The van der Waals surface area contributed by atoms with Gasteiger partial charge < -0.3 is 9.84 Å². The van der Waals surface area contributed by atoms with Gasteiger partial charge in [-0.15, -0.1) is 0 Å². The maximum atomic E-state index is 13.9. The Morgan fingerprint density at radius 3 is 2.17 bits per heavy atom. The van der Waals surface area contributed by atoms with Crippen molar-refractivity contribution in [3.8, 4) is 45.5 Å². The molecule has 0 bridgehead atoms. The minimum Gasteiger partial charge on any atom is -0.488 e. The summed E-state index contributed by atoms with van der Waals surface area (Å²) < 4.78 is 12.5. The van der Waals surface area contributed by atoms with Crippen LogP contribution >= 0.6 is 0 Å². The quantitative estimate of drug-likeness (QED) is 0.226. The van der Waals surface area contributed by atoms with Crippen molar-refractivity contribution in [1.29, 1.82) is 0 Å². The molecule has 0 atom stereocenters. The molecule has 8 heteroatoms. The Balaban J connectivity index is 1.48. The molecule has 0 unspecified atom stereocenters. The molecule has 2 heterocycles. The van der Waals surface area contributed by atoms with Crippen LogP contribution in [0.3, 0.4) is 0 Å². The van der Waals surface area contributed by atoms with Crippen LogP contribution in [0, 0.1) is 6.92 Å². The minimum absolute atomic E-state index is 0.0585. The largest absolute Gasteiger partial charge is 0.488 e. The average Bonchev–Trinajstić information content (AvgIpc) is 3.37. The normalized spacial score (nSPS) is 11.5. The zero-order valence-electron chi connectivity index (χ0n) is 24.0. The monoisotopic (exact) mass is 550 g/mol. The van der Waals surface area contributed by atoms with E-state index in [0.29, 0.717) is 24.4 Å². The lowest BCUT2D eigenvalue weighted by Crippen LogP contribution is -2.28. The van der Waals surface area contributed by atoms with Crippen molar-refractivity contribution >= 4 is 0 Å². The van der Waals surface area contributed by atoms with Gasteiger partial charge in [-0.3, -0.25) is 13.9 Å². The van der Waals surface area contributed by atoms with E-state index >= 15 is 0 Å². The van der Waals surface area contributed by atoms with Crippen molar-refractivity contribution in [2.75, 3.05) is 0 Å². The Kier molecular flexibility index (Phi) is 7.75. The molecular formula is C33H34N4O4. The Morgan fingerprint density at radius 2 is 1.56 bits per heavy atom. The molecule has 0 aliphatic carbocycles. The van der Waals surface area contributed by atoms with E-state index in [1.807, 2.05) is 100 Å². The molecule has 0 saturated heterocycles. The summed E-state index contributed by atoms with van der Waals surface area (Å²) in [4.78, 5) is 22.8. The van der Waals surface area contributed by atoms with Crippen LogP contribution in [0.4, 0.5) is 0 Å². The topological polar surface area (TPSA) is 103 Å². The van der Waals surface area contributed by atoms with Crippen LogP contribution in [-0.4, -0.2) is 30.4 Å². The number of rotatable bonds is 8. The van der Waals surface area contributed by atoms with Crippen molar-refractivity contribution in [1.82, 2.24) is 19.7 Å². The van der Waals surface area contributed by atoms with Crippen LogP contribution in [0.15, 0.2) is 82.1 Å². The molecule has 2 aromatic heterocycles. The molecule has 5 rings (SSSR count). The van der Waals surface area contributed by atoms with Crippen molar-refractivity contribution in [2.24, 2.45) is 0 Å². The second-order valence-electron chi connectivity index (χ2n) is 11.0. The first-order valence-electron chi connectivity index (χ1n) is 13.7.